The first-order valence-corrected chi connectivity index (χ1v) is 11.3. The average Bonchev–Trinajstić information content (AvgIpc) is 2.84. The Bertz CT molecular complexity index is 1110. The summed E-state index contributed by atoms with van der Waals surface area (Å²) in [4.78, 5) is 5.92. The van der Waals surface area contributed by atoms with Gasteiger partial charge in [-0.15, -0.1) is 11.8 Å². The zero-order valence-electron chi connectivity index (χ0n) is 17.8. The van der Waals surface area contributed by atoms with Crippen LogP contribution >= 0.6 is 11.8 Å². The SMILES string of the molecule is C[C@@H](/C=C/NNC1=N[C@H](c2ccccc2)C(c2ccccc2)=NN1)Sc1ccccc1N. The van der Waals surface area contributed by atoms with E-state index in [1.165, 1.54) is 0 Å². The summed E-state index contributed by atoms with van der Waals surface area (Å²) in [7, 11) is 0. The van der Waals surface area contributed by atoms with Gasteiger partial charge in [0.25, 0.3) is 0 Å². The summed E-state index contributed by atoms with van der Waals surface area (Å²) >= 11 is 1.70. The van der Waals surface area contributed by atoms with E-state index in [4.69, 9.17) is 10.7 Å². The normalized spacial score (nSPS) is 16.6. The third-order valence-corrected chi connectivity index (χ3v) is 6.01. The van der Waals surface area contributed by atoms with Crippen molar-refractivity contribution in [1.82, 2.24) is 16.3 Å². The number of aliphatic imine (C=N–C) groups is 1. The molecular weight excluding hydrogens is 416 g/mol. The quantitative estimate of drug-likeness (QED) is 0.247. The molecule has 0 radical (unpaired) electrons. The number of hydrazone groups is 1. The van der Waals surface area contributed by atoms with Crippen molar-refractivity contribution < 1.29 is 0 Å². The third kappa shape index (κ3) is 5.50. The van der Waals surface area contributed by atoms with Crippen molar-refractivity contribution in [3.8, 4) is 0 Å². The van der Waals surface area contributed by atoms with Gasteiger partial charge < -0.3 is 11.2 Å². The maximum atomic E-state index is 6.03. The van der Waals surface area contributed by atoms with Crippen molar-refractivity contribution in [1.29, 1.82) is 0 Å². The zero-order chi connectivity index (χ0) is 22.2. The summed E-state index contributed by atoms with van der Waals surface area (Å²) in [5.41, 5.74) is 19.0. The van der Waals surface area contributed by atoms with Gasteiger partial charge in [0.05, 0.1) is 5.71 Å². The minimum Gasteiger partial charge on any atom is -0.398 e. The molecule has 0 unspecified atom stereocenters. The van der Waals surface area contributed by atoms with Crippen molar-refractivity contribution in [2.45, 2.75) is 23.1 Å². The van der Waals surface area contributed by atoms with E-state index in [9.17, 15) is 0 Å². The number of hydrazine groups is 1. The summed E-state index contributed by atoms with van der Waals surface area (Å²) in [6.45, 7) is 2.12. The summed E-state index contributed by atoms with van der Waals surface area (Å²) in [6, 6.07) is 27.9. The van der Waals surface area contributed by atoms with Crippen LogP contribution in [0.3, 0.4) is 0 Å². The van der Waals surface area contributed by atoms with Gasteiger partial charge in [0, 0.05) is 27.6 Å². The summed E-state index contributed by atoms with van der Waals surface area (Å²) in [6.07, 6.45) is 3.91. The molecule has 1 aliphatic heterocycles. The Morgan fingerprint density at radius 3 is 2.41 bits per heavy atom. The molecule has 0 spiro atoms. The van der Waals surface area contributed by atoms with Gasteiger partial charge in [0.2, 0.25) is 5.96 Å². The van der Waals surface area contributed by atoms with Crippen molar-refractivity contribution in [2.24, 2.45) is 10.1 Å². The number of guanidine groups is 1. The molecule has 5 N–H and O–H groups in total. The molecule has 2 atom stereocenters. The lowest BCUT2D eigenvalue weighted by molar-refractivity contribution is 0.735. The zero-order valence-corrected chi connectivity index (χ0v) is 18.6. The topological polar surface area (TPSA) is 86.8 Å². The van der Waals surface area contributed by atoms with E-state index in [0.717, 1.165) is 27.4 Å². The predicted octanol–water partition coefficient (Wildman–Crippen LogP) is 4.46. The second-order valence-corrected chi connectivity index (χ2v) is 8.67. The Labute approximate surface area is 192 Å². The number of nitrogens with zero attached hydrogens (tertiary/aromatic N) is 2. The smallest absolute Gasteiger partial charge is 0.232 e. The summed E-state index contributed by atoms with van der Waals surface area (Å²) < 4.78 is 0. The van der Waals surface area contributed by atoms with E-state index >= 15 is 0 Å². The molecule has 1 aliphatic rings. The average molecular weight is 443 g/mol. The van der Waals surface area contributed by atoms with Gasteiger partial charge >= 0.3 is 0 Å². The number of para-hydroxylation sites is 1. The van der Waals surface area contributed by atoms with E-state index in [-0.39, 0.29) is 11.3 Å². The number of hydrogen-bond donors (Lipinski definition) is 4. The van der Waals surface area contributed by atoms with E-state index < -0.39 is 0 Å². The predicted molar refractivity (Wildman–Crippen MR) is 134 cm³/mol. The van der Waals surface area contributed by atoms with Crippen LogP contribution in [0, 0.1) is 0 Å². The Kier molecular flexibility index (Phi) is 7.09. The molecule has 0 bridgehead atoms. The first kappa shape index (κ1) is 21.5. The fourth-order valence-electron chi connectivity index (χ4n) is 3.27. The number of nitrogen functional groups attached to an aromatic ring is 1. The fourth-order valence-corrected chi connectivity index (χ4v) is 4.19. The Balaban J connectivity index is 1.40. The lowest BCUT2D eigenvalue weighted by Crippen LogP contribution is -2.44. The molecule has 0 aromatic heterocycles. The second kappa shape index (κ2) is 10.5. The number of benzene rings is 3. The molecule has 162 valence electrons. The van der Waals surface area contributed by atoms with Gasteiger partial charge in [-0.1, -0.05) is 78.9 Å². The number of nitrogens with one attached hydrogen (secondary N) is 3. The summed E-state index contributed by atoms with van der Waals surface area (Å²) in [5, 5.41) is 4.85. The molecule has 32 heavy (non-hydrogen) atoms. The maximum absolute atomic E-state index is 6.03. The highest BCUT2D eigenvalue weighted by Gasteiger charge is 2.23. The summed E-state index contributed by atoms with van der Waals surface area (Å²) in [5.74, 6) is 0.552. The highest BCUT2D eigenvalue weighted by Crippen LogP contribution is 2.28. The Hall–Kier alpha value is -3.71. The molecule has 1 heterocycles. The monoisotopic (exact) mass is 442 g/mol. The second-order valence-electron chi connectivity index (χ2n) is 7.26. The van der Waals surface area contributed by atoms with E-state index in [2.05, 4.69) is 46.5 Å². The van der Waals surface area contributed by atoms with E-state index in [1.807, 2.05) is 79.0 Å². The molecule has 6 nitrogen and oxygen atoms in total. The third-order valence-electron chi connectivity index (χ3n) is 4.86. The van der Waals surface area contributed by atoms with Crippen LogP contribution in [0.2, 0.25) is 0 Å². The minimum absolute atomic E-state index is 0.205. The molecule has 0 aliphatic carbocycles. The van der Waals surface area contributed by atoms with Gasteiger partial charge in [-0.25, -0.2) is 10.4 Å². The maximum Gasteiger partial charge on any atom is 0.232 e. The Morgan fingerprint density at radius 1 is 0.969 bits per heavy atom. The number of rotatable bonds is 7. The number of hydrogen-bond acceptors (Lipinski definition) is 7. The first-order valence-electron chi connectivity index (χ1n) is 10.4. The van der Waals surface area contributed by atoms with Crippen LogP contribution in [0.1, 0.15) is 24.1 Å². The molecule has 3 aromatic carbocycles. The number of nitrogens with two attached hydrogens (primary N) is 1. The minimum atomic E-state index is -0.205. The van der Waals surface area contributed by atoms with Gasteiger partial charge in [0.15, 0.2) is 0 Å². The van der Waals surface area contributed by atoms with Crippen LogP contribution in [0.5, 0.6) is 0 Å². The molecule has 0 saturated heterocycles. The lowest BCUT2D eigenvalue weighted by atomic mass is 9.97. The molecule has 7 heteroatoms. The van der Waals surface area contributed by atoms with Crippen LogP contribution < -0.4 is 22.0 Å². The standard InChI is InChI=1S/C25H26N6S/c1-18(32-22-15-9-8-14-21(22)26)16-17-27-30-25-28-23(19-10-4-2-5-11-19)24(29-31-25)20-12-6-3-7-13-20/h2-18,23,27H,26H2,1H3,(H2,28,30,31)/b17-16+/t18-,23+/m0/s1. The van der Waals surface area contributed by atoms with Gasteiger partial charge in [-0.3, -0.25) is 5.43 Å². The van der Waals surface area contributed by atoms with Gasteiger partial charge in [0.1, 0.15) is 6.04 Å². The van der Waals surface area contributed by atoms with Crippen molar-refractivity contribution in [3.63, 3.8) is 0 Å². The molecular formula is C25H26N6S. The van der Waals surface area contributed by atoms with Crippen LogP contribution in [0.15, 0.2) is 112 Å². The molecule has 3 aromatic rings. The lowest BCUT2D eigenvalue weighted by Gasteiger charge is -2.23. The largest absolute Gasteiger partial charge is 0.398 e. The molecule has 0 saturated carbocycles. The molecule has 4 rings (SSSR count). The highest BCUT2D eigenvalue weighted by atomic mass is 32.2. The molecule has 0 fully saturated rings. The van der Waals surface area contributed by atoms with Crippen molar-refractivity contribution in [2.75, 3.05) is 5.73 Å². The van der Waals surface area contributed by atoms with Gasteiger partial charge in [-0.2, -0.15) is 5.10 Å². The number of thioether (sulfide) groups is 1. The first-order chi connectivity index (χ1) is 15.7. The van der Waals surface area contributed by atoms with Crippen molar-refractivity contribution in [3.05, 3.63) is 108 Å². The molecule has 0 amide bonds. The van der Waals surface area contributed by atoms with Crippen LogP contribution in [-0.4, -0.2) is 16.9 Å². The fraction of sp³-hybridized carbons (Fsp3) is 0.120. The van der Waals surface area contributed by atoms with Crippen molar-refractivity contribution >= 4 is 29.1 Å². The van der Waals surface area contributed by atoms with Crippen LogP contribution in [-0.2, 0) is 0 Å². The highest BCUT2D eigenvalue weighted by molar-refractivity contribution is 8.00. The van der Waals surface area contributed by atoms with E-state index in [0.29, 0.717) is 5.96 Å². The Morgan fingerprint density at radius 2 is 1.66 bits per heavy atom. The van der Waals surface area contributed by atoms with Crippen LogP contribution in [0.25, 0.3) is 0 Å². The van der Waals surface area contributed by atoms with Crippen LogP contribution in [0.4, 0.5) is 5.69 Å². The number of anilines is 1. The van der Waals surface area contributed by atoms with Gasteiger partial charge in [-0.05, 0) is 24.6 Å². The van der Waals surface area contributed by atoms with E-state index in [1.54, 1.807) is 11.8 Å².